The largest absolute Gasteiger partial charge is 0.332 e. The molecule has 0 aliphatic carbocycles. The van der Waals surface area contributed by atoms with Crippen molar-refractivity contribution in [2.45, 2.75) is 11.8 Å². The Labute approximate surface area is 181 Å². The minimum absolute atomic E-state index is 0.124. The molecule has 1 amide bonds. The van der Waals surface area contributed by atoms with E-state index in [0.717, 1.165) is 0 Å². The number of para-hydroxylation sites is 1. The smallest absolute Gasteiger partial charge is 0.264 e. The molecule has 3 aromatic carbocycles. The third-order valence-electron chi connectivity index (χ3n) is 4.29. The predicted molar refractivity (Wildman–Crippen MR) is 123 cm³/mol. The molecule has 0 unspecified atom stereocenters. The van der Waals surface area contributed by atoms with Crippen LogP contribution in [0.4, 0.5) is 11.4 Å². The third-order valence-corrected chi connectivity index (χ3v) is 6.42. The molecule has 0 atom stereocenters. The molecule has 0 bridgehead atoms. The molecule has 0 aromatic heterocycles. The first-order valence-corrected chi connectivity index (χ1v) is 11.1. The van der Waals surface area contributed by atoms with E-state index in [1.54, 1.807) is 67.6 Å². The molecule has 30 heavy (non-hydrogen) atoms. The van der Waals surface area contributed by atoms with Crippen molar-refractivity contribution in [1.29, 1.82) is 0 Å². The summed E-state index contributed by atoms with van der Waals surface area (Å²) in [6.45, 7) is 2.09. The summed E-state index contributed by atoms with van der Waals surface area (Å²) in [5.74, 6) is -0.325. The molecule has 0 saturated carbocycles. The number of carbonyl (C=O) groups excluding carboxylic acids is 1. The zero-order valence-electron chi connectivity index (χ0n) is 16.3. The van der Waals surface area contributed by atoms with E-state index in [0.29, 0.717) is 23.5 Å². The van der Waals surface area contributed by atoms with E-state index in [4.69, 9.17) is 12.2 Å². The van der Waals surface area contributed by atoms with Crippen LogP contribution in [0, 0.1) is 0 Å². The molecule has 0 radical (unpaired) electrons. The number of rotatable bonds is 6. The Kier molecular flexibility index (Phi) is 6.81. The molecule has 0 aliphatic heterocycles. The summed E-state index contributed by atoms with van der Waals surface area (Å²) in [4.78, 5) is 12.3. The van der Waals surface area contributed by atoms with E-state index < -0.39 is 10.0 Å². The first-order valence-electron chi connectivity index (χ1n) is 9.27. The molecular weight excluding hydrogens is 418 g/mol. The molecular formula is C22H21N3O3S2. The van der Waals surface area contributed by atoms with Gasteiger partial charge in [0.1, 0.15) is 0 Å². The van der Waals surface area contributed by atoms with Crippen molar-refractivity contribution < 1.29 is 13.2 Å². The third kappa shape index (κ3) is 5.03. The van der Waals surface area contributed by atoms with Crippen LogP contribution in [0.5, 0.6) is 0 Å². The van der Waals surface area contributed by atoms with Gasteiger partial charge in [0.2, 0.25) is 0 Å². The standard InChI is InChI=1S/C22H21N3O3S2/c1-2-25(19-11-7-4-8-12-19)30(27,28)20-15-13-18(14-16-20)23-22(29)24-21(26)17-9-5-3-6-10-17/h3-16H,2H2,1H3,(H2,23,24,26,29). The molecule has 2 N–H and O–H groups in total. The van der Waals surface area contributed by atoms with Crippen LogP contribution in [0.25, 0.3) is 0 Å². The van der Waals surface area contributed by atoms with Crippen LogP contribution in [0.2, 0.25) is 0 Å². The van der Waals surface area contributed by atoms with Crippen molar-refractivity contribution in [3.63, 3.8) is 0 Å². The normalized spacial score (nSPS) is 10.8. The van der Waals surface area contributed by atoms with Gasteiger partial charge in [-0.3, -0.25) is 14.4 Å². The van der Waals surface area contributed by atoms with E-state index in [1.165, 1.54) is 16.4 Å². The number of benzene rings is 3. The summed E-state index contributed by atoms with van der Waals surface area (Å²) >= 11 is 5.17. The van der Waals surface area contributed by atoms with Gasteiger partial charge in [0, 0.05) is 17.8 Å². The monoisotopic (exact) mass is 439 g/mol. The van der Waals surface area contributed by atoms with Gasteiger partial charge >= 0.3 is 0 Å². The number of carbonyl (C=O) groups is 1. The van der Waals surface area contributed by atoms with Gasteiger partial charge in [-0.2, -0.15) is 0 Å². The van der Waals surface area contributed by atoms with Gasteiger partial charge in [0.15, 0.2) is 5.11 Å². The van der Waals surface area contributed by atoms with Crippen molar-refractivity contribution >= 4 is 44.6 Å². The fraction of sp³-hybridized carbons (Fsp3) is 0.0909. The summed E-state index contributed by atoms with van der Waals surface area (Å²) in [5, 5.41) is 5.60. The van der Waals surface area contributed by atoms with E-state index >= 15 is 0 Å². The number of nitrogens with zero attached hydrogens (tertiary/aromatic N) is 1. The van der Waals surface area contributed by atoms with Crippen LogP contribution in [-0.2, 0) is 10.0 Å². The molecule has 0 spiro atoms. The molecule has 8 heteroatoms. The van der Waals surface area contributed by atoms with E-state index in [1.807, 2.05) is 12.1 Å². The van der Waals surface area contributed by atoms with Crippen LogP contribution < -0.4 is 14.9 Å². The lowest BCUT2D eigenvalue weighted by molar-refractivity contribution is 0.0977. The average Bonchev–Trinajstić information content (AvgIpc) is 2.75. The highest BCUT2D eigenvalue weighted by molar-refractivity contribution is 7.92. The lowest BCUT2D eigenvalue weighted by atomic mass is 10.2. The summed E-state index contributed by atoms with van der Waals surface area (Å²) in [6.07, 6.45) is 0. The Balaban J connectivity index is 1.69. The van der Waals surface area contributed by atoms with E-state index in [-0.39, 0.29) is 15.9 Å². The van der Waals surface area contributed by atoms with E-state index in [9.17, 15) is 13.2 Å². The van der Waals surface area contributed by atoms with E-state index in [2.05, 4.69) is 10.6 Å². The first kappa shape index (κ1) is 21.5. The Morgan fingerprint density at radius 3 is 2.03 bits per heavy atom. The molecule has 154 valence electrons. The number of sulfonamides is 1. The highest BCUT2D eigenvalue weighted by atomic mass is 32.2. The maximum atomic E-state index is 13.0. The first-order chi connectivity index (χ1) is 14.4. The zero-order valence-corrected chi connectivity index (χ0v) is 17.9. The molecule has 0 fully saturated rings. The van der Waals surface area contributed by atoms with Crippen LogP contribution in [-0.4, -0.2) is 26.0 Å². The number of thiocarbonyl (C=S) groups is 1. The van der Waals surface area contributed by atoms with Gasteiger partial charge in [-0.1, -0.05) is 36.4 Å². The lowest BCUT2D eigenvalue weighted by Crippen LogP contribution is -2.34. The van der Waals surface area contributed by atoms with Crippen molar-refractivity contribution in [2.75, 3.05) is 16.2 Å². The highest BCUT2D eigenvalue weighted by Gasteiger charge is 2.23. The Morgan fingerprint density at radius 1 is 0.900 bits per heavy atom. The number of anilines is 2. The predicted octanol–water partition coefficient (Wildman–Crippen LogP) is 4.03. The molecule has 3 aromatic rings. The zero-order chi connectivity index (χ0) is 21.6. The fourth-order valence-electron chi connectivity index (χ4n) is 2.85. The SMILES string of the molecule is CCN(c1ccccc1)S(=O)(=O)c1ccc(NC(=S)NC(=O)c2ccccc2)cc1. The summed E-state index contributed by atoms with van der Waals surface area (Å²) in [5.41, 5.74) is 1.66. The van der Waals surface area contributed by atoms with Crippen LogP contribution in [0.15, 0.2) is 89.8 Å². The summed E-state index contributed by atoms with van der Waals surface area (Å²) in [7, 11) is -3.70. The number of nitrogens with one attached hydrogen (secondary N) is 2. The number of amides is 1. The van der Waals surface area contributed by atoms with Crippen LogP contribution >= 0.6 is 12.2 Å². The molecule has 3 rings (SSSR count). The number of hydrogen-bond donors (Lipinski definition) is 2. The molecule has 0 saturated heterocycles. The van der Waals surface area contributed by atoms with Crippen molar-refractivity contribution in [2.24, 2.45) is 0 Å². The van der Waals surface area contributed by atoms with Crippen molar-refractivity contribution in [3.8, 4) is 0 Å². The maximum Gasteiger partial charge on any atom is 0.264 e. The molecule has 0 aliphatic rings. The second kappa shape index (κ2) is 9.51. The summed E-state index contributed by atoms with van der Waals surface area (Å²) < 4.78 is 27.4. The van der Waals surface area contributed by atoms with Gasteiger partial charge in [-0.15, -0.1) is 0 Å². The topological polar surface area (TPSA) is 78.5 Å². The molecule has 6 nitrogen and oxygen atoms in total. The highest BCUT2D eigenvalue weighted by Crippen LogP contribution is 2.24. The second-order valence-electron chi connectivity index (χ2n) is 6.30. The van der Waals surface area contributed by atoms with Gasteiger partial charge in [0.25, 0.3) is 15.9 Å². The molecule has 0 heterocycles. The maximum absolute atomic E-state index is 13.0. The minimum atomic E-state index is -3.70. The second-order valence-corrected chi connectivity index (χ2v) is 8.57. The summed E-state index contributed by atoms with van der Waals surface area (Å²) in [6, 6.07) is 23.9. The van der Waals surface area contributed by atoms with Crippen molar-refractivity contribution in [1.82, 2.24) is 5.32 Å². The van der Waals surface area contributed by atoms with Crippen LogP contribution in [0.3, 0.4) is 0 Å². The minimum Gasteiger partial charge on any atom is -0.332 e. The Bertz CT molecular complexity index is 1120. The lowest BCUT2D eigenvalue weighted by Gasteiger charge is -2.23. The van der Waals surface area contributed by atoms with Crippen LogP contribution in [0.1, 0.15) is 17.3 Å². The van der Waals surface area contributed by atoms with Gasteiger partial charge in [0.05, 0.1) is 10.6 Å². The van der Waals surface area contributed by atoms with Crippen molar-refractivity contribution in [3.05, 3.63) is 90.5 Å². The fourth-order valence-corrected chi connectivity index (χ4v) is 4.53. The van der Waals surface area contributed by atoms with Gasteiger partial charge < -0.3 is 5.32 Å². The Morgan fingerprint density at radius 2 is 1.47 bits per heavy atom. The Hall–Kier alpha value is -3.23. The number of hydrogen-bond acceptors (Lipinski definition) is 4. The quantitative estimate of drug-likeness (QED) is 0.567. The average molecular weight is 440 g/mol. The van der Waals surface area contributed by atoms with Gasteiger partial charge in [-0.05, 0) is 67.7 Å². The van der Waals surface area contributed by atoms with Gasteiger partial charge in [-0.25, -0.2) is 8.42 Å².